The zero-order valence-corrected chi connectivity index (χ0v) is 18.0. The number of nitrogens with one attached hydrogen (secondary N) is 1. The highest BCUT2D eigenvalue weighted by atomic mass is 35.5. The number of rotatable bonds is 2. The molecule has 0 aliphatic carbocycles. The highest BCUT2D eigenvalue weighted by Crippen LogP contribution is 2.51. The fraction of sp³-hybridized carbons (Fsp3) is 0.0833. The van der Waals surface area contributed by atoms with Crippen LogP contribution in [0.25, 0.3) is 5.70 Å². The van der Waals surface area contributed by atoms with Crippen molar-refractivity contribution in [1.29, 1.82) is 0 Å². The largest absolute Gasteiger partial charge is 0.480 e. The van der Waals surface area contributed by atoms with Crippen LogP contribution in [0.3, 0.4) is 0 Å². The first-order chi connectivity index (χ1) is 15.6. The molecule has 3 heterocycles. The monoisotopic (exact) mass is 464 g/mol. The van der Waals surface area contributed by atoms with Crippen LogP contribution in [-0.2, 0) is 0 Å². The lowest BCUT2D eigenvalue weighted by atomic mass is 9.84. The van der Waals surface area contributed by atoms with Gasteiger partial charge in [-0.25, -0.2) is 9.07 Å². The Labute approximate surface area is 193 Å². The van der Waals surface area contributed by atoms with Gasteiger partial charge in [-0.1, -0.05) is 53.5 Å². The number of hydrogen-bond acceptors (Lipinski definition) is 4. The summed E-state index contributed by atoms with van der Waals surface area (Å²) in [6.07, 6.45) is 0.916. The van der Waals surface area contributed by atoms with Gasteiger partial charge in [0.2, 0.25) is 5.95 Å². The molecule has 0 bridgehead atoms. The Bertz CT molecular complexity index is 1400. The number of para-hydroxylation sites is 1. The number of nitrogens with zero attached hydrogens (tertiary/aromatic N) is 3. The summed E-state index contributed by atoms with van der Waals surface area (Å²) in [6, 6.07) is 19.1. The number of hydrogen-bond donors (Lipinski definition) is 1. The van der Waals surface area contributed by atoms with Crippen LogP contribution in [0.4, 0.5) is 10.3 Å². The second-order valence-corrected chi connectivity index (χ2v) is 8.44. The number of benzene rings is 3. The molecular weight excluding hydrogens is 450 g/mol. The van der Waals surface area contributed by atoms with Crippen LogP contribution < -0.4 is 10.1 Å². The summed E-state index contributed by atoms with van der Waals surface area (Å²) in [6.45, 7) is 0. The molecule has 5 nitrogen and oxygen atoms in total. The molecule has 0 unspecified atom stereocenters. The van der Waals surface area contributed by atoms with Crippen molar-refractivity contribution in [1.82, 2.24) is 14.8 Å². The zero-order chi connectivity index (χ0) is 21.8. The van der Waals surface area contributed by atoms with E-state index in [1.165, 1.54) is 18.5 Å². The smallest absolute Gasteiger partial charge is 0.226 e. The van der Waals surface area contributed by atoms with E-state index in [9.17, 15) is 4.39 Å². The summed E-state index contributed by atoms with van der Waals surface area (Å²) in [5, 5.41) is 8.89. The standard InChI is InChI=1S/C24H15Cl2FN4O/c25-14-8-9-16(18(26)11-14)22-20-21(30-24-28-12-29-31(22)24)17-6-1-2-7-19(17)32-23(20)13-4-3-5-15(27)10-13/h1-12,22-23H,(H,28,29,30)/t22-,23+/m1/s1. The van der Waals surface area contributed by atoms with Gasteiger partial charge in [0.15, 0.2) is 0 Å². The van der Waals surface area contributed by atoms with E-state index >= 15 is 0 Å². The lowest BCUT2D eigenvalue weighted by Gasteiger charge is -2.39. The topological polar surface area (TPSA) is 52.0 Å². The molecule has 0 fully saturated rings. The van der Waals surface area contributed by atoms with E-state index in [1.54, 1.807) is 22.9 Å². The molecule has 0 radical (unpaired) electrons. The van der Waals surface area contributed by atoms with E-state index < -0.39 is 12.1 Å². The third-order valence-electron chi connectivity index (χ3n) is 5.73. The number of aromatic nitrogens is 3. The average molecular weight is 465 g/mol. The molecule has 1 aromatic heterocycles. The minimum absolute atomic E-state index is 0.335. The predicted molar refractivity (Wildman–Crippen MR) is 121 cm³/mol. The van der Waals surface area contributed by atoms with Gasteiger partial charge >= 0.3 is 0 Å². The molecule has 3 aromatic carbocycles. The highest BCUT2D eigenvalue weighted by Gasteiger charge is 2.41. The Morgan fingerprint density at radius 3 is 2.72 bits per heavy atom. The molecule has 0 spiro atoms. The van der Waals surface area contributed by atoms with E-state index in [1.807, 2.05) is 36.4 Å². The van der Waals surface area contributed by atoms with Gasteiger partial charge in [-0.2, -0.15) is 10.1 Å². The fourth-order valence-corrected chi connectivity index (χ4v) is 4.90. The number of anilines is 1. The molecule has 32 heavy (non-hydrogen) atoms. The third kappa shape index (κ3) is 2.98. The van der Waals surface area contributed by atoms with Crippen LogP contribution in [0.5, 0.6) is 5.75 Å². The normalized spacial score (nSPS) is 18.8. The molecule has 2 aliphatic rings. The summed E-state index contributed by atoms with van der Waals surface area (Å²) in [5.41, 5.74) is 4.07. The van der Waals surface area contributed by atoms with Crippen LogP contribution in [0.15, 0.2) is 78.6 Å². The lowest BCUT2D eigenvalue weighted by Crippen LogP contribution is -2.32. The van der Waals surface area contributed by atoms with E-state index in [4.69, 9.17) is 27.9 Å². The van der Waals surface area contributed by atoms with Crippen LogP contribution >= 0.6 is 23.2 Å². The predicted octanol–water partition coefficient (Wildman–Crippen LogP) is 6.28. The molecule has 2 atom stereocenters. The summed E-state index contributed by atoms with van der Waals surface area (Å²) in [4.78, 5) is 4.39. The Hall–Kier alpha value is -3.35. The summed E-state index contributed by atoms with van der Waals surface area (Å²) in [7, 11) is 0. The molecule has 8 heteroatoms. The maximum atomic E-state index is 14.2. The van der Waals surface area contributed by atoms with E-state index in [0.717, 1.165) is 22.4 Å². The van der Waals surface area contributed by atoms with Crippen molar-refractivity contribution in [2.24, 2.45) is 0 Å². The van der Waals surface area contributed by atoms with Gasteiger partial charge in [0, 0.05) is 21.2 Å². The highest BCUT2D eigenvalue weighted by molar-refractivity contribution is 6.35. The quantitative estimate of drug-likeness (QED) is 0.379. The minimum Gasteiger partial charge on any atom is -0.480 e. The molecule has 0 amide bonds. The number of fused-ring (bicyclic) bond motifs is 3. The van der Waals surface area contributed by atoms with Crippen molar-refractivity contribution in [3.63, 3.8) is 0 Å². The van der Waals surface area contributed by atoms with Gasteiger partial charge in [-0.15, -0.1) is 0 Å². The Morgan fingerprint density at radius 1 is 1.00 bits per heavy atom. The maximum absolute atomic E-state index is 14.2. The number of halogens is 3. The lowest BCUT2D eigenvalue weighted by molar-refractivity contribution is 0.222. The van der Waals surface area contributed by atoms with E-state index in [2.05, 4.69) is 15.4 Å². The second-order valence-electron chi connectivity index (χ2n) is 7.60. The van der Waals surface area contributed by atoms with Crippen molar-refractivity contribution in [2.75, 3.05) is 5.32 Å². The summed E-state index contributed by atoms with van der Waals surface area (Å²) < 4.78 is 22.4. The molecule has 4 aromatic rings. The summed E-state index contributed by atoms with van der Waals surface area (Å²) in [5.74, 6) is 0.940. The molecule has 2 aliphatic heterocycles. The van der Waals surface area contributed by atoms with Gasteiger partial charge in [0.25, 0.3) is 0 Å². The average Bonchev–Trinajstić information content (AvgIpc) is 3.26. The fourth-order valence-electron chi connectivity index (χ4n) is 4.38. The SMILES string of the molecule is Fc1cccc([C@@H]2Oc3ccccc3C3=C2[C@@H](c2ccc(Cl)cc2Cl)n2ncnc2N3)c1. The zero-order valence-electron chi connectivity index (χ0n) is 16.5. The van der Waals surface area contributed by atoms with Gasteiger partial charge in [0.05, 0.1) is 5.70 Å². The van der Waals surface area contributed by atoms with Crippen LogP contribution in [0.1, 0.15) is 28.8 Å². The van der Waals surface area contributed by atoms with Gasteiger partial charge in [0.1, 0.15) is 30.0 Å². The van der Waals surface area contributed by atoms with Gasteiger partial charge in [-0.05, 0) is 47.5 Å². The van der Waals surface area contributed by atoms with Crippen LogP contribution in [0, 0.1) is 5.82 Å². The van der Waals surface area contributed by atoms with Crippen molar-refractivity contribution >= 4 is 34.8 Å². The van der Waals surface area contributed by atoms with E-state index in [0.29, 0.717) is 27.3 Å². The summed E-state index contributed by atoms with van der Waals surface area (Å²) >= 11 is 12.8. The number of ether oxygens (including phenoxy) is 1. The first-order valence-electron chi connectivity index (χ1n) is 9.97. The first kappa shape index (κ1) is 19.3. The minimum atomic E-state index is -0.572. The molecule has 6 rings (SSSR count). The molecule has 0 saturated heterocycles. The molecule has 158 valence electrons. The molecule has 1 N–H and O–H groups in total. The Balaban J connectivity index is 1.65. The van der Waals surface area contributed by atoms with Crippen LogP contribution in [-0.4, -0.2) is 14.8 Å². The van der Waals surface area contributed by atoms with Crippen LogP contribution in [0.2, 0.25) is 10.0 Å². The molecular formula is C24H15Cl2FN4O. The maximum Gasteiger partial charge on any atom is 0.226 e. The Morgan fingerprint density at radius 2 is 1.88 bits per heavy atom. The first-order valence-corrected chi connectivity index (χ1v) is 10.7. The van der Waals surface area contributed by atoms with Crippen molar-refractivity contribution < 1.29 is 9.13 Å². The van der Waals surface area contributed by atoms with Crippen molar-refractivity contribution in [2.45, 2.75) is 12.1 Å². The van der Waals surface area contributed by atoms with Crippen molar-refractivity contribution in [3.05, 3.63) is 111 Å². The molecule has 0 saturated carbocycles. The third-order valence-corrected chi connectivity index (χ3v) is 6.29. The van der Waals surface area contributed by atoms with Gasteiger partial charge < -0.3 is 10.1 Å². The van der Waals surface area contributed by atoms with Crippen molar-refractivity contribution in [3.8, 4) is 5.75 Å². The Kier molecular flexibility index (Phi) is 4.45. The second kappa shape index (κ2) is 7.36. The van der Waals surface area contributed by atoms with Gasteiger partial charge in [-0.3, -0.25) is 0 Å². The van der Waals surface area contributed by atoms with E-state index in [-0.39, 0.29) is 5.82 Å².